The first-order chi connectivity index (χ1) is 9.50. The molecule has 0 saturated carbocycles. The molecule has 3 heteroatoms. The van der Waals surface area contributed by atoms with Gasteiger partial charge in [0, 0.05) is 6.54 Å². The number of hydrogen-bond acceptors (Lipinski definition) is 3. The third-order valence-corrected chi connectivity index (χ3v) is 4.60. The Morgan fingerprint density at radius 2 is 1.95 bits per heavy atom. The summed E-state index contributed by atoms with van der Waals surface area (Å²) in [6.07, 6.45) is 2.71. The molecule has 0 amide bonds. The molecule has 1 fully saturated rings. The van der Waals surface area contributed by atoms with Gasteiger partial charge in [0.2, 0.25) is 0 Å². The zero-order valence-corrected chi connectivity index (χ0v) is 13.2. The normalized spacial score (nSPS) is 24.4. The van der Waals surface area contributed by atoms with Gasteiger partial charge in [-0.1, -0.05) is 6.92 Å². The summed E-state index contributed by atoms with van der Waals surface area (Å²) in [5.41, 5.74) is 2.61. The Balaban J connectivity index is 2.32. The van der Waals surface area contributed by atoms with Crippen LogP contribution in [0.25, 0.3) is 0 Å². The molecule has 3 nitrogen and oxygen atoms in total. The van der Waals surface area contributed by atoms with Crippen molar-refractivity contribution in [3.05, 3.63) is 28.8 Å². The number of ether oxygens (including phenoxy) is 1. The fourth-order valence-corrected chi connectivity index (χ4v) is 3.27. The summed E-state index contributed by atoms with van der Waals surface area (Å²) in [7, 11) is 1.70. The van der Waals surface area contributed by atoms with Gasteiger partial charge in [0.25, 0.3) is 0 Å². The molecule has 0 radical (unpaired) electrons. The molecule has 1 aliphatic rings. The summed E-state index contributed by atoms with van der Waals surface area (Å²) in [6, 6.07) is 4.15. The maximum atomic E-state index is 11.1. The van der Waals surface area contributed by atoms with E-state index in [0.29, 0.717) is 0 Å². The van der Waals surface area contributed by atoms with E-state index in [0.717, 1.165) is 61.3 Å². The average molecular weight is 277 g/mol. The lowest BCUT2D eigenvalue weighted by atomic mass is 9.83. The van der Waals surface area contributed by atoms with Crippen molar-refractivity contribution >= 4 is 0 Å². The lowest BCUT2D eigenvalue weighted by molar-refractivity contribution is 0.0207. The van der Waals surface area contributed by atoms with Crippen molar-refractivity contribution < 1.29 is 9.84 Å². The summed E-state index contributed by atoms with van der Waals surface area (Å²) >= 11 is 0. The largest absolute Gasteiger partial charge is 0.496 e. The Hall–Kier alpha value is -1.06. The van der Waals surface area contributed by atoms with Gasteiger partial charge < -0.3 is 14.7 Å². The SMILES string of the molecule is CCN1CCCC(O)(c2cc(C)c(OC)cc2C)CC1. The van der Waals surface area contributed by atoms with Crippen molar-refractivity contribution in [3.8, 4) is 5.75 Å². The zero-order valence-electron chi connectivity index (χ0n) is 13.2. The minimum atomic E-state index is -0.689. The summed E-state index contributed by atoms with van der Waals surface area (Å²) in [5, 5.41) is 11.1. The van der Waals surface area contributed by atoms with Crippen LogP contribution in [-0.2, 0) is 5.60 Å². The van der Waals surface area contributed by atoms with E-state index in [1.54, 1.807) is 7.11 Å². The summed E-state index contributed by atoms with van der Waals surface area (Å²) in [6.45, 7) is 9.42. The Kier molecular flexibility index (Phi) is 4.71. The first-order valence-corrected chi connectivity index (χ1v) is 7.60. The highest BCUT2D eigenvalue weighted by molar-refractivity contribution is 5.44. The molecule has 1 saturated heterocycles. The van der Waals surface area contributed by atoms with Crippen molar-refractivity contribution in [2.45, 2.75) is 45.6 Å². The van der Waals surface area contributed by atoms with Gasteiger partial charge in [-0.15, -0.1) is 0 Å². The predicted octanol–water partition coefficient (Wildman–Crippen LogP) is 3.01. The third kappa shape index (κ3) is 2.99. The standard InChI is InChI=1S/C17H27NO2/c1-5-18-9-6-7-17(19,8-10-18)15-11-14(3)16(20-4)12-13(15)2/h11-12,19H,5-10H2,1-4H3. The number of hydrogen-bond donors (Lipinski definition) is 1. The van der Waals surface area contributed by atoms with E-state index in [4.69, 9.17) is 4.74 Å². The molecule has 1 heterocycles. The summed E-state index contributed by atoms with van der Waals surface area (Å²) in [4.78, 5) is 2.42. The van der Waals surface area contributed by atoms with Gasteiger partial charge in [-0.2, -0.15) is 0 Å². The molecule has 1 atom stereocenters. The number of methoxy groups -OCH3 is 1. The lowest BCUT2D eigenvalue weighted by Crippen LogP contribution is -2.30. The van der Waals surface area contributed by atoms with E-state index in [2.05, 4.69) is 24.8 Å². The van der Waals surface area contributed by atoms with Crippen molar-refractivity contribution in [3.63, 3.8) is 0 Å². The van der Waals surface area contributed by atoms with Crippen molar-refractivity contribution in [2.24, 2.45) is 0 Å². The quantitative estimate of drug-likeness (QED) is 0.922. The molecule has 2 rings (SSSR count). The molecule has 0 aliphatic carbocycles. The Morgan fingerprint density at radius 3 is 2.60 bits per heavy atom. The van der Waals surface area contributed by atoms with Crippen LogP contribution in [0, 0.1) is 13.8 Å². The van der Waals surface area contributed by atoms with Gasteiger partial charge in [-0.25, -0.2) is 0 Å². The minimum absolute atomic E-state index is 0.689. The number of aliphatic hydroxyl groups is 1. The van der Waals surface area contributed by atoms with Crippen LogP contribution in [0.3, 0.4) is 0 Å². The van der Waals surface area contributed by atoms with E-state index in [9.17, 15) is 5.11 Å². The zero-order chi connectivity index (χ0) is 14.8. The second-order valence-corrected chi connectivity index (χ2v) is 5.96. The fourth-order valence-electron chi connectivity index (χ4n) is 3.27. The number of likely N-dealkylation sites (tertiary alicyclic amines) is 1. The van der Waals surface area contributed by atoms with Crippen LogP contribution in [0.5, 0.6) is 5.75 Å². The van der Waals surface area contributed by atoms with Gasteiger partial charge >= 0.3 is 0 Å². The van der Waals surface area contributed by atoms with E-state index in [-0.39, 0.29) is 0 Å². The van der Waals surface area contributed by atoms with Crippen LogP contribution < -0.4 is 4.74 Å². The average Bonchev–Trinajstić information content (AvgIpc) is 2.63. The topological polar surface area (TPSA) is 32.7 Å². The Bertz CT molecular complexity index is 472. The van der Waals surface area contributed by atoms with Crippen LogP contribution in [0.4, 0.5) is 0 Å². The van der Waals surface area contributed by atoms with E-state index in [1.165, 1.54) is 0 Å². The highest BCUT2D eigenvalue weighted by atomic mass is 16.5. The van der Waals surface area contributed by atoms with Crippen molar-refractivity contribution in [1.82, 2.24) is 4.90 Å². The molecule has 1 N–H and O–H groups in total. The van der Waals surface area contributed by atoms with Crippen LogP contribution >= 0.6 is 0 Å². The van der Waals surface area contributed by atoms with Crippen LogP contribution in [0.15, 0.2) is 12.1 Å². The lowest BCUT2D eigenvalue weighted by Gasteiger charge is -2.30. The molecule has 1 aromatic carbocycles. The minimum Gasteiger partial charge on any atom is -0.496 e. The monoisotopic (exact) mass is 277 g/mol. The molecule has 1 aromatic rings. The molecule has 20 heavy (non-hydrogen) atoms. The molecule has 0 aromatic heterocycles. The number of nitrogens with zero attached hydrogens (tertiary/aromatic N) is 1. The first kappa shape index (κ1) is 15.3. The maximum Gasteiger partial charge on any atom is 0.122 e. The van der Waals surface area contributed by atoms with Crippen LogP contribution in [-0.4, -0.2) is 36.8 Å². The fraction of sp³-hybridized carbons (Fsp3) is 0.647. The van der Waals surface area contributed by atoms with Crippen LogP contribution in [0.2, 0.25) is 0 Å². The van der Waals surface area contributed by atoms with E-state index in [1.807, 2.05) is 13.0 Å². The molecule has 0 spiro atoms. The highest BCUT2D eigenvalue weighted by Crippen LogP contribution is 2.37. The van der Waals surface area contributed by atoms with Gasteiger partial charge in [0.05, 0.1) is 12.7 Å². The van der Waals surface area contributed by atoms with Gasteiger partial charge in [0.1, 0.15) is 5.75 Å². The second kappa shape index (κ2) is 6.15. The number of rotatable bonds is 3. The highest BCUT2D eigenvalue weighted by Gasteiger charge is 2.33. The second-order valence-electron chi connectivity index (χ2n) is 5.96. The Labute approximate surface area is 122 Å². The van der Waals surface area contributed by atoms with Gasteiger partial charge in [-0.05, 0) is 75.0 Å². The number of benzene rings is 1. The van der Waals surface area contributed by atoms with E-state index >= 15 is 0 Å². The van der Waals surface area contributed by atoms with Crippen molar-refractivity contribution in [1.29, 1.82) is 0 Å². The molecular weight excluding hydrogens is 250 g/mol. The van der Waals surface area contributed by atoms with Gasteiger partial charge in [-0.3, -0.25) is 0 Å². The Morgan fingerprint density at radius 1 is 1.20 bits per heavy atom. The molecule has 0 bridgehead atoms. The third-order valence-electron chi connectivity index (χ3n) is 4.60. The molecule has 1 aliphatic heterocycles. The van der Waals surface area contributed by atoms with E-state index < -0.39 is 5.60 Å². The summed E-state index contributed by atoms with van der Waals surface area (Å²) < 4.78 is 5.37. The summed E-state index contributed by atoms with van der Waals surface area (Å²) in [5.74, 6) is 0.902. The number of aryl methyl sites for hydroxylation is 2. The van der Waals surface area contributed by atoms with Crippen LogP contribution in [0.1, 0.15) is 42.9 Å². The van der Waals surface area contributed by atoms with Gasteiger partial charge in [0.15, 0.2) is 0 Å². The molecular formula is C17H27NO2. The maximum absolute atomic E-state index is 11.1. The van der Waals surface area contributed by atoms with Crippen molar-refractivity contribution in [2.75, 3.05) is 26.7 Å². The first-order valence-electron chi connectivity index (χ1n) is 7.60. The molecule has 1 unspecified atom stereocenters. The molecule has 112 valence electrons. The predicted molar refractivity (Wildman–Crippen MR) is 82.3 cm³/mol. The smallest absolute Gasteiger partial charge is 0.122 e.